The molecule has 1 aliphatic rings. The molecule has 2 atom stereocenters. The molecule has 0 spiro atoms. The van der Waals surface area contributed by atoms with Crippen molar-refractivity contribution in [3.63, 3.8) is 0 Å². The van der Waals surface area contributed by atoms with E-state index in [-0.39, 0.29) is 34.4 Å². The normalized spacial score (nSPS) is 20.6. The van der Waals surface area contributed by atoms with Gasteiger partial charge in [0.25, 0.3) is 0 Å². The first-order valence-electron chi connectivity index (χ1n) is 8.03. The number of amides is 3. The molecular formula is C17H24FN3O2S. The van der Waals surface area contributed by atoms with E-state index in [9.17, 15) is 14.0 Å². The quantitative estimate of drug-likeness (QED) is 0.886. The van der Waals surface area contributed by atoms with Crippen molar-refractivity contribution in [3.8, 4) is 0 Å². The summed E-state index contributed by atoms with van der Waals surface area (Å²) >= 11 is 1.44. The van der Waals surface area contributed by atoms with E-state index >= 15 is 0 Å². The number of nitrogens with zero attached hydrogens (tertiary/aromatic N) is 2. The van der Waals surface area contributed by atoms with Gasteiger partial charge >= 0.3 is 6.03 Å². The molecule has 1 aliphatic heterocycles. The van der Waals surface area contributed by atoms with Crippen molar-refractivity contribution in [2.24, 2.45) is 0 Å². The highest BCUT2D eigenvalue weighted by Crippen LogP contribution is 2.43. The Morgan fingerprint density at radius 3 is 2.71 bits per heavy atom. The summed E-state index contributed by atoms with van der Waals surface area (Å²) < 4.78 is 14.1. The average Bonchev–Trinajstić information content (AvgIpc) is 2.80. The average molecular weight is 353 g/mol. The monoisotopic (exact) mass is 353 g/mol. The fraction of sp³-hybridized carbons (Fsp3) is 0.529. The van der Waals surface area contributed by atoms with Crippen molar-refractivity contribution in [3.05, 3.63) is 35.6 Å². The number of thioether (sulfide) groups is 1. The van der Waals surface area contributed by atoms with Crippen LogP contribution in [0.2, 0.25) is 0 Å². The lowest BCUT2D eigenvalue weighted by Crippen LogP contribution is -2.44. The van der Waals surface area contributed by atoms with Gasteiger partial charge in [0.2, 0.25) is 5.91 Å². The van der Waals surface area contributed by atoms with Crippen molar-refractivity contribution in [2.75, 3.05) is 20.1 Å². The van der Waals surface area contributed by atoms with Crippen LogP contribution in [0.1, 0.15) is 31.7 Å². The lowest BCUT2D eigenvalue weighted by atomic mass is 10.2. The Kier molecular flexibility index (Phi) is 6.10. The molecule has 0 radical (unpaired) electrons. The van der Waals surface area contributed by atoms with Gasteiger partial charge in [0.1, 0.15) is 11.2 Å². The highest BCUT2D eigenvalue weighted by molar-refractivity contribution is 8.01. The van der Waals surface area contributed by atoms with Gasteiger partial charge in [0.05, 0.1) is 5.25 Å². The van der Waals surface area contributed by atoms with Gasteiger partial charge in [-0.25, -0.2) is 9.18 Å². The Morgan fingerprint density at radius 1 is 1.42 bits per heavy atom. The summed E-state index contributed by atoms with van der Waals surface area (Å²) in [7, 11) is 1.69. The highest BCUT2D eigenvalue weighted by atomic mass is 32.2. The maximum atomic E-state index is 14.1. The minimum absolute atomic E-state index is 0.0223. The maximum Gasteiger partial charge on any atom is 0.317 e. The molecule has 1 N–H and O–H groups in total. The van der Waals surface area contributed by atoms with Gasteiger partial charge < -0.3 is 15.1 Å². The van der Waals surface area contributed by atoms with Crippen LogP contribution in [-0.4, -0.2) is 53.2 Å². The smallest absolute Gasteiger partial charge is 0.317 e. The number of hydrogen-bond donors (Lipinski definition) is 1. The first-order valence-corrected chi connectivity index (χ1v) is 8.97. The maximum absolute atomic E-state index is 14.1. The minimum Gasteiger partial charge on any atom is -0.336 e. The zero-order valence-electron chi connectivity index (χ0n) is 14.5. The molecule has 7 heteroatoms. The summed E-state index contributed by atoms with van der Waals surface area (Å²) in [5.41, 5.74) is 0.509. The van der Waals surface area contributed by atoms with Gasteiger partial charge in [-0.3, -0.25) is 4.79 Å². The predicted molar refractivity (Wildman–Crippen MR) is 94.2 cm³/mol. The van der Waals surface area contributed by atoms with Crippen LogP contribution >= 0.6 is 11.8 Å². The van der Waals surface area contributed by atoms with E-state index in [1.807, 2.05) is 20.8 Å². The summed E-state index contributed by atoms with van der Waals surface area (Å²) in [5, 5.41) is 2.24. The fourth-order valence-corrected chi connectivity index (χ4v) is 3.87. The lowest BCUT2D eigenvalue weighted by Gasteiger charge is -2.27. The summed E-state index contributed by atoms with van der Waals surface area (Å²) in [6.07, 6.45) is 0. The third-order valence-corrected chi connectivity index (χ3v) is 5.23. The third-order valence-electron chi connectivity index (χ3n) is 3.85. The van der Waals surface area contributed by atoms with Gasteiger partial charge in [-0.1, -0.05) is 18.2 Å². The Balaban J connectivity index is 2.07. The van der Waals surface area contributed by atoms with Crippen LogP contribution in [0.3, 0.4) is 0 Å². The van der Waals surface area contributed by atoms with Gasteiger partial charge in [-0.15, -0.1) is 11.8 Å². The van der Waals surface area contributed by atoms with Crippen molar-refractivity contribution < 1.29 is 14.0 Å². The molecule has 5 nitrogen and oxygen atoms in total. The van der Waals surface area contributed by atoms with Crippen LogP contribution in [-0.2, 0) is 4.79 Å². The number of carbonyl (C=O) groups is 2. The molecule has 1 aromatic carbocycles. The summed E-state index contributed by atoms with van der Waals surface area (Å²) in [4.78, 5) is 27.6. The van der Waals surface area contributed by atoms with Crippen LogP contribution in [0.15, 0.2) is 24.3 Å². The zero-order valence-corrected chi connectivity index (χ0v) is 15.3. The van der Waals surface area contributed by atoms with Crippen molar-refractivity contribution in [2.45, 2.75) is 37.4 Å². The van der Waals surface area contributed by atoms with Gasteiger partial charge in [-0.05, 0) is 26.8 Å². The Labute approximate surface area is 146 Å². The van der Waals surface area contributed by atoms with E-state index in [2.05, 4.69) is 5.32 Å². The van der Waals surface area contributed by atoms with Crippen molar-refractivity contribution >= 4 is 23.7 Å². The Bertz CT molecular complexity index is 611. The van der Waals surface area contributed by atoms with E-state index in [0.29, 0.717) is 18.7 Å². The van der Waals surface area contributed by atoms with Gasteiger partial charge in [0.15, 0.2) is 0 Å². The van der Waals surface area contributed by atoms with Crippen LogP contribution in [0.4, 0.5) is 9.18 Å². The molecular weight excluding hydrogens is 329 g/mol. The molecule has 1 aromatic rings. The van der Waals surface area contributed by atoms with E-state index < -0.39 is 0 Å². The summed E-state index contributed by atoms with van der Waals surface area (Å²) in [5.74, 6) is -0.335. The first kappa shape index (κ1) is 18.6. The highest BCUT2D eigenvalue weighted by Gasteiger charge is 2.39. The Hall–Kier alpha value is -1.76. The number of carbonyl (C=O) groups excluding carboxylic acids is 2. The first-order chi connectivity index (χ1) is 11.3. The molecule has 0 aromatic heterocycles. The van der Waals surface area contributed by atoms with E-state index in [0.717, 1.165) is 0 Å². The standard InChI is InChI=1S/C17H24FN3O2S/c1-11(2)19-17(23)20(4)9-10-21-15(22)12(3)24-16(21)13-7-5-6-8-14(13)18/h5-8,11-12,16H,9-10H2,1-4H3,(H,19,23). The predicted octanol–water partition coefficient (Wildman–Crippen LogP) is 2.84. The third kappa shape index (κ3) is 4.20. The number of nitrogens with one attached hydrogen (secondary N) is 1. The second kappa shape index (κ2) is 7.88. The summed E-state index contributed by atoms with van der Waals surface area (Å²) in [6, 6.07) is 6.39. The van der Waals surface area contributed by atoms with Crippen LogP contribution in [0.5, 0.6) is 0 Å². The van der Waals surface area contributed by atoms with E-state index in [1.165, 1.54) is 17.8 Å². The number of rotatable bonds is 5. The Morgan fingerprint density at radius 2 is 2.08 bits per heavy atom. The van der Waals surface area contributed by atoms with Crippen LogP contribution < -0.4 is 5.32 Å². The number of likely N-dealkylation sites (N-methyl/N-ethyl adjacent to an activating group) is 1. The topological polar surface area (TPSA) is 52.7 Å². The molecule has 132 valence electrons. The number of hydrogen-bond acceptors (Lipinski definition) is 3. The van der Waals surface area contributed by atoms with E-state index in [1.54, 1.807) is 35.0 Å². The van der Waals surface area contributed by atoms with Gasteiger partial charge in [0, 0.05) is 31.7 Å². The number of halogens is 1. The molecule has 2 rings (SSSR count). The van der Waals surface area contributed by atoms with Gasteiger partial charge in [-0.2, -0.15) is 0 Å². The van der Waals surface area contributed by atoms with Crippen molar-refractivity contribution in [1.82, 2.24) is 15.1 Å². The zero-order chi connectivity index (χ0) is 17.9. The molecule has 1 saturated heterocycles. The fourth-order valence-electron chi connectivity index (χ4n) is 2.53. The lowest BCUT2D eigenvalue weighted by molar-refractivity contribution is -0.129. The van der Waals surface area contributed by atoms with Crippen molar-refractivity contribution in [1.29, 1.82) is 0 Å². The molecule has 0 saturated carbocycles. The number of urea groups is 1. The molecule has 24 heavy (non-hydrogen) atoms. The van der Waals surface area contributed by atoms with E-state index in [4.69, 9.17) is 0 Å². The minimum atomic E-state index is -0.352. The van der Waals surface area contributed by atoms with Crippen LogP contribution in [0, 0.1) is 5.82 Å². The SMILES string of the molecule is CC(C)NC(=O)N(C)CCN1C(=O)C(C)SC1c1ccccc1F. The van der Waals surface area contributed by atoms with Crippen LogP contribution in [0.25, 0.3) is 0 Å². The molecule has 3 amide bonds. The molecule has 0 aliphatic carbocycles. The second-order valence-electron chi connectivity index (χ2n) is 6.21. The molecule has 2 unspecified atom stereocenters. The molecule has 0 bridgehead atoms. The summed E-state index contributed by atoms with van der Waals surface area (Å²) in [6.45, 7) is 6.38. The largest absolute Gasteiger partial charge is 0.336 e. The second-order valence-corrected chi connectivity index (χ2v) is 7.64. The number of benzene rings is 1. The molecule has 1 heterocycles. The molecule has 1 fully saturated rings.